The van der Waals surface area contributed by atoms with Crippen LogP contribution in [0, 0.1) is 17.7 Å². The SMILES string of the molecule is CCOC(C)CNC(=O)c1ccc(C#CCN)c(F)c1. The molecule has 0 spiro atoms. The van der Waals surface area contributed by atoms with Gasteiger partial charge >= 0.3 is 0 Å². The lowest BCUT2D eigenvalue weighted by molar-refractivity contribution is 0.0695. The molecule has 1 unspecified atom stereocenters. The number of rotatable bonds is 5. The maximum Gasteiger partial charge on any atom is 0.251 e. The summed E-state index contributed by atoms with van der Waals surface area (Å²) in [5.74, 6) is 4.30. The van der Waals surface area contributed by atoms with Crippen LogP contribution in [0.3, 0.4) is 0 Å². The highest BCUT2D eigenvalue weighted by Crippen LogP contribution is 2.09. The molecule has 3 N–H and O–H groups in total. The van der Waals surface area contributed by atoms with Crippen LogP contribution >= 0.6 is 0 Å². The zero-order chi connectivity index (χ0) is 15.0. The first-order valence-electron chi connectivity index (χ1n) is 6.46. The summed E-state index contributed by atoms with van der Waals surface area (Å²) in [6, 6.07) is 4.17. The first-order chi connectivity index (χ1) is 9.58. The zero-order valence-electron chi connectivity index (χ0n) is 11.7. The Morgan fingerprint density at radius 1 is 1.55 bits per heavy atom. The van der Waals surface area contributed by atoms with E-state index in [4.69, 9.17) is 10.5 Å². The zero-order valence-corrected chi connectivity index (χ0v) is 11.7. The highest BCUT2D eigenvalue weighted by Gasteiger charge is 2.10. The van der Waals surface area contributed by atoms with E-state index in [0.717, 1.165) is 0 Å². The number of carbonyl (C=O) groups excluding carboxylic acids is 1. The van der Waals surface area contributed by atoms with Gasteiger partial charge in [0.1, 0.15) is 5.82 Å². The average Bonchev–Trinajstić information content (AvgIpc) is 2.43. The second-order valence-corrected chi connectivity index (χ2v) is 4.18. The van der Waals surface area contributed by atoms with Crippen molar-refractivity contribution in [2.24, 2.45) is 5.73 Å². The Kier molecular flexibility index (Phi) is 6.71. The number of benzene rings is 1. The van der Waals surface area contributed by atoms with Crippen molar-refractivity contribution < 1.29 is 13.9 Å². The standard InChI is InChI=1S/C15H19FN2O2/c1-3-20-11(2)10-18-15(19)13-7-6-12(5-4-8-17)14(16)9-13/h6-7,9,11H,3,8,10,17H2,1-2H3,(H,18,19). The van der Waals surface area contributed by atoms with Gasteiger partial charge in [0.15, 0.2) is 0 Å². The van der Waals surface area contributed by atoms with E-state index < -0.39 is 5.82 Å². The molecule has 5 heteroatoms. The van der Waals surface area contributed by atoms with Crippen LogP contribution in [0.1, 0.15) is 29.8 Å². The monoisotopic (exact) mass is 278 g/mol. The molecule has 0 fully saturated rings. The Morgan fingerprint density at radius 2 is 2.30 bits per heavy atom. The molecule has 0 radical (unpaired) electrons. The van der Waals surface area contributed by atoms with Gasteiger partial charge in [-0.3, -0.25) is 4.79 Å². The predicted molar refractivity (Wildman–Crippen MR) is 75.8 cm³/mol. The topological polar surface area (TPSA) is 64.3 Å². The molecule has 1 rings (SSSR count). The van der Waals surface area contributed by atoms with E-state index in [2.05, 4.69) is 17.2 Å². The van der Waals surface area contributed by atoms with Crippen molar-refractivity contribution in [3.05, 3.63) is 35.1 Å². The molecule has 0 saturated carbocycles. The van der Waals surface area contributed by atoms with E-state index >= 15 is 0 Å². The van der Waals surface area contributed by atoms with Crippen LogP contribution in [-0.2, 0) is 4.74 Å². The summed E-state index contributed by atoms with van der Waals surface area (Å²) in [6.07, 6.45) is -0.0801. The van der Waals surface area contributed by atoms with E-state index in [1.807, 2.05) is 13.8 Å². The van der Waals surface area contributed by atoms with Gasteiger partial charge in [-0.25, -0.2) is 4.39 Å². The Balaban J connectivity index is 2.68. The third kappa shape index (κ3) is 5.00. The smallest absolute Gasteiger partial charge is 0.251 e. The number of hydrogen-bond acceptors (Lipinski definition) is 3. The average molecular weight is 278 g/mol. The number of amides is 1. The van der Waals surface area contributed by atoms with E-state index in [-0.39, 0.29) is 29.7 Å². The number of halogens is 1. The van der Waals surface area contributed by atoms with E-state index in [0.29, 0.717) is 13.2 Å². The minimum Gasteiger partial charge on any atom is -0.377 e. The number of hydrogen-bond donors (Lipinski definition) is 2. The van der Waals surface area contributed by atoms with Gasteiger partial charge in [0.25, 0.3) is 5.91 Å². The Bertz CT molecular complexity index is 520. The van der Waals surface area contributed by atoms with E-state index in [1.165, 1.54) is 18.2 Å². The summed E-state index contributed by atoms with van der Waals surface area (Å²) in [4.78, 5) is 11.8. The summed E-state index contributed by atoms with van der Waals surface area (Å²) in [6.45, 7) is 4.87. The van der Waals surface area contributed by atoms with Crippen molar-refractivity contribution in [1.82, 2.24) is 5.32 Å². The van der Waals surface area contributed by atoms with Gasteiger partial charge in [0.05, 0.1) is 18.2 Å². The summed E-state index contributed by atoms with van der Waals surface area (Å²) < 4.78 is 19.0. The molecule has 1 aromatic carbocycles. The van der Waals surface area contributed by atoms with Gasteiger partial charge in [-0.2, -0.15) is 0 Å². The van der Waals surface area contributed by atoms with Crippen LogP contribution in [0.4, 0.5) is 4.39 Å². The third-order valence-corrected chi connectivity index (χ3v) is 2.56. The number of nitrogens with one attached hydrogen (secondary N) is 1. The van der Waals surface area contributed by atoms with Gasteiger partial charge in [-0.15, -0.1) is 0 Å². The van der Waals surface area contributed by atoms with Crippen molar-refractivity contribution in [1.29, 1.82) is 0 Å². The number of carbonyl (C=O) groups is 1. The highest BCUT2D eigenvalue weighted by molar-refractivity contribution is 5.94. The van der Waals surface area contributed by atoms with Crippen molar-refractivity contribution in [2.45, 2.75) is 20.0 Å². The fourth-order valence-corrected chi connectivity index (χ4v) is 1.59. The Labute approximate surface area is 118 Å². The van der Waals surface area contributed by atoms with Crippen LogP contribution in [-0.4, -0.2) is 31.7 Å². The van der Waals surface area contributed by atoms with Gasteiger partial charge in [-0.1, -0.05) is 11.8 Å². The molecular weight excluding hydrogens is 259 g/mol. The minimum atomic E-state index is -0.531. The molecule has 0 saturated heterocycles. The lowest BCUT2D eigenvalue weighted by Crippen LogP contribution is -2.32. The van der Waals surface area contributed by atoms with Crippen molar-refractivity contribution in [3.63, 3.8) is 0 Å². The van der Waals surface area contributed by atoms with Crippen LogP contribution in [0.5, 0.6) is 0 Å². The lowest BCUT2D eigenvalue weighted by Gasteiger charge is -2.12. The maximum atomic E-state index is 13.7. The normalized spacial score (nSPS) is 11.4. The molecule has 1 amide bonds. The van der Waals surface area contributed by atoms with E-state index in [1.54, 1.807) is 0 Å². The fraction of sp³-hybridized carbons (Fsp3) is 0.400. The molecule has 0 aliphatic rings. The van der Waals surface area contributed by atoms with Crippen molar-refractivity contribution in [3.8, 4) is 11.8 Å². The van der Waals surface area contributed by atoms with Crippen LogP contribution < -0.4 is 11.1 Å². The third-order valence-electron chi connectivity index (χ3n) is 2.56. The van der Waals surface area contributed by atoms with Gasteiger partial charge in [0.2, 0.25) is 0 Å². The molecule has 1 atom stereocenters. The van der Waals surface area contributed by atoms with Crippen molar-refractivity contribution >= 4 is 5.91 Å². The van der Waals surface area contributed by atoms with E-state index in [9.17, 15) is 9.18 Å². The summed E-state index contributed by atoms with van der Waals surface area (Å²) >= 11 is 0. The van der Waals surface area contributed by atoms with Crippen molar-refractivity contribution in [2.75, 3.05) is 19.7 Å². The second kappa shape index (κ2) is 8.31. The molecule has 0 heterocycles. The molecule has 20 heavy (non-hydrogen) atoms. The molecule has 108 valence electrons. The quantitative estimate of drug-likeness (QED) is 0.798. The lowest BCUT2D eigenvalue weighted by atomic mass is 10.1. The highest BCUT2D eigenvalue weighted by atomic mass is 19.1. The molecule has 0 bridgehead atoms. The number of nitrogens with two attached hydrogens (primary N) is 1. The Morgan fingerprint density at radius 3 is 2.90 bits per heavy atom. The van der Waals surface area contributed by atoms with Gasteiger partial charge in [0, 0.05) is 18.7 Å². The molecule has 0 aliphatic heterocycles. The second-order valence-electron chi connectivity index (χ2n) is 4.18. The van der Waals surface area contributed by atoms with Crippen LogP contribution in [0.25, 0.3) is 0 Å². The summed E-state index contributed by atoms with van der Waals surface area (Å²) in [5.41, 5.74) is 5.71. The molecular formula is C15H19FN2O2. The summed E-state index contributed by atoms with van der Waals surface area (Å²) in [5, 5.41) is 2.69. The molecule has 0 aliphatic carbocycles. The van der Waals surface area contributed by atoms with Crippen LogP contribution in [0.2, 0.25) is 0 Å². The largest absolute Gasteiger partial charge is 0.377 e. The summed E-state index contributed by atoms with van der Waals surface area (Å²) in [7, 11) is 0. The molecule has 0 aromatic heterocycles. The van der Waals surface area contributed by atoms with Gasteiger partial charge < -0.3 is 15.8 Å². The van der Waals surface area contributed by atoms with Crippen LogP contribution in [0.15, 0.2) is 18.2 Å². The van der Waals surface area contributed by atoms with Gasteiger partial charge in [-0.05, 0) is 32.0 Å². The molecule has 1 aromatic rings. The molecule has 4 nitrogen and oxygen atoms in total. The predicted octanol–water partition coefficient (Wildman–Crippen LogP) is 1.29. The number of ether oxygens (including phenoxy) is 1. The fourth-order valence-electron chi connectivity index (χ4n) is 1.59. The Hall–Kier alpha value is -1.90. The maximum absolute atomic E-state index is 13.7. The minimum absolute atomic E-state index is 0.0801. The first kappa shape index (κ1) is 16.2. The first-order valence-corrected chi connectivity index (χ1v) is 6.46.